The van der Waals surface area contributed by atoms with Crippen LogP contribution >= 0.6 is 0 Å². The molecule has 2 saturated heterocycles. The van der Waals surface area contributed by atoms with E-state index in [4.69, 9.17) is 4.42 Å². The molecular formula is C17H20N4O3. The Kier molecular flexibility index (Phi) is 3.44. The van der Waals surface area contributed by atoms with E-state index in [1.807, 2.05) is 24.3 Å². The summed E-state index contributed by atoms with van der Waals surface area (Å²) in [6, 6.07) is 1.68. The van der Waals surface area contributed by atoms with Gasteiger partial charge in [0.2, 0.25) is 5.91 Å². The molecule has 4 rings (SSSR count). The molecule has 7 heteroatoms. The van der Waals surface area contributed by atoms with E-state index in [-0.39, 0.29) is 23.3 Å². The number of likely N-dealkylation sites (tertiary alicyclic amines) is 1. The average molecular weight is 328 g/mol. The van der Waals surface area contributed by atoms with E-state index >= 15 is 0 Å². The first-order valence-corrected chi connectivity index (χ1v) is 8.18. The molecule has 2 aromatic rings. The van der Waals surface area contributed by atoms with E-state index in [0.29, 0.717) is 25.1 Å². The van der Waals surface area contributed by atoms with Gasteiger partial charge in [0.1, 0.15) is 6.26 Å². The first-order chi connectivity index (χ1) is 11.6. The smallest absolute Gasteiger partial charge is 0.257 e. The summed E-state index contributed by atoms with van der Waals surface area (Å²) in [6.07, 6.45) is 8.80. The largest absolute Gasteiger partial charge is 0.472 e. The van der Waals surface area contributed by atoms with Crippen LogP contribution in [0, 0.1) is 0 Å². The van der Waals surface area contributed by atoms with Gasteiger partial charge < -0.3 is 14.6 Å². The summed E-state index contributed by atoms with van der Waals surface area (Å²) in [5.41, 5.74) is 1.39. The molecule has 0 saturated carbocycles. The Morgan fingerprint density at radius 2 is 2.21 bits per heavy atom. The monoisotopic (exact) mass is 328 g/mol. The maximum Gasteiger partial charge on any atom is 0.257 e. The third-order valence-electron chi connectivity index (χ3n) is 5.28. The fraction of sp³-hybridized carbons (Fsp3) is 0.471. The molecule has 2 fully saturated rings. The van der Waals surface area contributed by atoms with Gasteiger partial charge in [0.15, 0.2) is 0 Å². The third kappa shape index (κ3) is 2.40. The van der Waals surface area contributed by atoms with Gasteiger partial charge in [-0.1, -0.05) is 0 Å². The summed E-state index contributed by atoms with van der Waals surface area (Å²) < 4.78 is 6.76. The van der Waals surface area contributed by atoms with Crippen molar-refractivity contribution in [1.29, 1.82) is 0 Å². The number of hydrogen-bond donors (Lipinski definition) is 1. The Morgan fingerprint density at radius 3 is 2.83 bits per heavy atom. The lowest BCUT2D eigenvalue weighted by Gasteiger charge is -2.42. The summed E-state index contributed by atoms with van der Waals surface area (Å²) >= 11 is 0. The lowest BCUT2D eigenvalue weighted by molar-refractivity contribution is -0.120. The second-order valence-corrected chi connectivity index (χ2v) is 6.71. The van der Waals surface area contributed by atoms with E-state index in [0.717, 1.165) is 18.4 Å². The van der Waals surface area contributed by atoms with Crippen LogP contribution in [0.15, 0.2) is 35.4 Å². The van der Waals surface area contributed by atoms with Crippen molar-refractivity contribution in [3.63, 3.8) is 0 Å². The van der Waals surface area contributed by atoms with E-state index < -0.39 is 0 Å². The van der Waals surface area contributed by atoms with Gasteiger partial charge in [0.05, 0.1) is 23.6 Å². The van der Waals surface area contributed by atoms with E-state index in [9.17, 15) is 9.59 Å². The van der Waals surface area contributed by atoms with Gasteiger partial charge in [-0.15, -0.1) is 0 Å². The number of carbonyl (C=O) groups excluding carboxylic acids is 2. The molecule has 7 nitrogen and oxygen atoms in total. The van der Waals surface area contributed by atoms with E-state index in [2.05, 4.69) is 10.4 Å². The number of aromatic nitrogens is 2. The topological polar surface area (TPSA) is 80.4 Å². The molecule has 126 valence electrons. The molecule has 4 heterocycles. The Labute approximate surface area is 139 Å². The van der Waals surface area contributed by atoms with Crippen LogP contribution in [-0.2, 0) is 11.8 Å². The molecular weight excluding hydrogens is 308 g/mol. The van der Waals surface area contributed by atoms with Crippen molar-refractivity contribution in [2.24, 2.45) is 7.05 Å². The van der Waals surface area contributed by atoms with E-state index in [1.165, 1.54) is 12.5 Å². The summed E-state index contributed by atoms with van der Waals surface area (Å²) in [6.45, 7) is 1.25. The molecule has 1 spiro atoms. The number of nitrogens with one attached hydrogen (secondary N) is 1. The third-order valence-corrected chi connectivity index (χ3v) is 5.28. The minimum Gasteiger partial charge on any atom is -0.472 e. The zero-order valence-corrected chi connectivity index (χ0v) is 13.6. The van der Waals surface area contributed by atoms with Crippen molar-refractivity contribution in [2.45, 2.75) is 30.7 Å². The fourth-order valence-corrected chi connectivity index (χ4v) is 4.00. The van der Waals surface area contributed by atoms with Crippen molar-refractivity contribution in [3.05, 3.63) is 42.1 Å². The molecule has 1 N–H and O–H groups in total. The second kappa shape index (κ2) is 5.51. The molecule has 2 aromatic heterocycles. The molecule has 0 aliphatic carbocycles. The van der Waals surface area contributed by atoms with Crippen LogP contribution in [-0.4, -0.2) is 45.1 Å². The van der Waals surface area contributed by atoms with Crippen LogP contribution in [0.4, 0.5) is 0 Å². The number of aryl methyl sites for hydroxylation is 1. The van der Waals surface area contributed by atoms with Gasteiger partial charge in [-0.05, 0) is 24.5 Å². The standard InChI is InChI=1S/C17H20N4O3/c1-20-10-13(9-18-20)14-8-15(22)19-17(14)3-5-21(6-4-17)16(23)12-2-7-24-11-12/h2,7,9-11,14H,3-6,8H2,1H3,(H,19,22). The predicted octanol–water partition coefficient (Wildman–Crippen LogP) is 1.29. The minimum absolute atomic E-state index is 0.0131. The van der Waals surface area contributed by atoms with Gasteiger partial charge in [-0.2, -0.15) is 5.10 Å². The zero-order chi connectivity index (χ0) is 16.7. The second-order valence-electron chi connectivity index (χ2n) is 6.71. The van der Waals surface area contributed by atoms with Crippen LogP contribution in [0.5, 0.6) is 0 Å². The summed E-state index contributed by atoms with van der Waals surface area (Å²) in [5, 5.41) is 7.43. The Hall–Kier alpha value is -2.57. The summed E-state index contributed by atoms with van der Waals surface area (Å²) in [4.78, 5) is 26.4. The Bertz CT molecular complexity index is 757. The van der Waals surface area contributed by atoms with Crippen LogP contribution in [0.3, 0.4) is 0 Å². The molecule has 1 atom stereocenters. The van der Waals surface area contributed by atoms with Gasteiger partial charge >= 0.3 is 0 Å². The highest BCUT2D eigenvalue weighted by Gasteiger charge is 2.49. The number of carbonyl (C=O) groups is 2. The minimum atomic E-state index is -0.271. The normalized spacial score (nSPS) is 22.8. The molecule has 1 unspecified atom stereocenters. The molecule has 2 aliphatic rings. The average Bonchev–Trinajstić information content (AvgIpc) is 3.28. The molecule has 2 aliphatic heterocycles. The number of amides is 2. The molecule has 0 radical (unpaired) electrons. The maximum absolute atomic E-state index is 12.4. The van der Waals surface area contributed by atoms with Crippen LogP contribution < -0.4 is 5.32 Å². The summed E-state index contributed by atoms with van der Waals surface area (Å²) in [5.74, 6) is 0.184. The Balaban J connectivity index is 1.52. The van der Waals surface area contributed by atoms with E-state index in [1.54, 1.807) is 10.7 Å². The fourth-order valence-electron chi connectivity index (χ4n) is 4.00. The lowest BCUT2D eigenvalue weighted by Crippen LogP contribution is -2.54. The number of rotatable bonds is 2. The van der Waals surface area contributed by atoms with Crippen molar-refractivity contribution >= 4 is 11.8 Å². The lowest BCUT2D eigenvalue weighted by atomic mass is 9.75. The highest BCUT2D eigenvalue weighted by Crippen LogP contribution is 2.43. The van der Waals surface area contributed by atoms with Gasteiger partial charge in [-0.3, -0.25) is 14.3 Å². The Morgan fingerprint density at radius 1 is 1.42 bits per heavy atom. The van der Waals surface area contributed by atoms with Crippen molar-refractivity contribution in [1.82, 2.24) is 20.0 Å². The number of furan rings is 1. The quantitative estimate of drug-likeness (QED) is 0.901. The number of hydrogen-bond acceptors (Lipinski definition) is 4. The SMILES string of the molecule is Cn1cc(C2CC(=O)NC23CCN(C(=O)c2ccoc2)CC3)cn1. The number of piperidine rings is 1. The van der Waals surface area contributed by atoms with Crippen LogP contribution in [0.1, 0.15) is 41.1 Å². The molecule has 24 heavy (non-hydrogen) atoms. The first kappa shape index (κ1) is 15.0. The zero-order valence-electron chi connectivity index (χ0n) is 13.6. The van der Waals surface area contributed by atoms with Gasteiger partial charge in [0, 0.05) is 38.7 Å². The highest BCUT2D eigenvalue weighted by atomic mass is 16.3. The first-order valence-electron chi connectivity index (χ1n) is 8.18. The summed E-state index contributed by atoms with van der Waals surface area (Å²) in [7, 11) is 1.88. The van der Waals surface area contributed by atoms with Crippen molar-refractivity contribution in [2.75, 3.05) is 13.1 Å². The van der Waals surface area contributed by atoms with Crippen LogP contribution in [0.25, 0.3) is 0 Å². The molecule has 0 aromatic carbocycles. The highest BCUT2D eigenvalue weighted by molar-refractivity contribution is 5.94. The van der Waals surface area contributed by atoms with Crippen molar-refractivity contribution < 1.29 is 14.0 Å². The maximum atomic E-state index is 12.4. The molecule has 2 amide bonds. The molecule has 0 bridgehead atoms. The van der Waals surface area contributed by atoms with Crippen LogP contribution in [0.2, 0.25) is 0 Å². The van der Waals surface area contributed by atoms with Gasteiger partial charge in [-0.25, -0.2) is 0 Å². The van der Waals surface area contributed by atoms with Gasteiger partial charge in [0.25, 0.3) is 5.91 Å². The number of nitrogens with zero attached hydrogens (tertiary/aromatic N) is 3. The predicted molar refractivity (Wildman–Crippen MR) is 85.3 cm³/mol. The van der Waals surface area contributed by atoms with Crippen molar-refractivity contribution in [3.8, 4) is 0 Å².